The molecule has 2 aliphatic rings. The number of aryl methyl sites for hydroxylation is 1. The normalized spacial score (nSPS) is 23.4. The second kappa shape index (κ2) is 9.17. The maximum absolute atomic E-state index is 11.8. The smallest absolute Gasteiger partial charge is 0.254 e. The molecule has 2 heterocycles. The number of hydrogen-bond acceptors (Lipinski definition) is 6. The molecule has 1 amide bonds. The molecule has 2 aromatic rings. The van der Waals surface area contributed by atoms with Gasteiger partial charge in [0.2, 0.25) is 5.95 Å². The van der Waals surface area contributed by atoms with Crippen LogP contribution in [-0.4, -0.2) is 38.4 Å². The molecule has 0 aromatic carbocycles. The number of carbonyl (C=O) groups is 1. The second-order valence-corrected chi connectivity index (χ2v) is 8.11. The Bertz CT molecular complexity index is 851. The molecule has 156 valence electrons. The van der Waals surface area contributed by atoms with Crippen molar-refractivity contribution < 1.29 is 10.3 Å². The highest BCUT2D eigenvalue weighted by Crippen LogP contribution is 2.27. The van der Waals surface area contributed by atoms with Crippen LogP contribution in [0.15, 0.2) is 24.5 Å². The first kappa shape index (κ1) is 21.0. The van der Waals surface area contributed by atoms with E-state index >= 15 is 0 Å². The third-order valence-corrected chi connectivity index (χ3v) is 5.92. The van der Waals surface area contributed by atoms with Crippen molar-refractivity contribution >= 4 is 17.7 Å². The highest BCUT2D eigenvalue weighted by molar-refractivity contribution is 5.97. The molecule has 0 unspecified atom stereocenters. The van der Waals surface area contributed by atoms with Gasteiger partial charge in [0.05, 0.1) is 5.56 Å². The van der Waals surface area contributed by atoms with Crippen LogP contribution in [0.2, 0.25) is 0 Å². The summed E-state index contributed by atoms with van der Waals surface area (Å²) in [6.45, 7) is 2.29. The minimum absolute atomic E-state index is 0. The van der Waals surface area contributed by atoms with Crippen LogP contribution in [0.5, 0.6) is 0 Å². The summed E-state index contributed by atoms with van der Waals surface area (Å²) in [5.74, 6) is 1.34. The van der Waals surface area contributed by atoms with E-state index in [1.165, 1.54) is 30.3 Å². The maximum atomic E-state index is 11.8. The van der Waals surface area contributed by atoms with Gasteiger partial charge in [0.1, 0.15) is 5.82 Å². The summed E-state index contributed by atoms with van der Waals surface area (Å²) >= 11 is 0. The minimum atomic E-state index is -0.504. The Morgan fingerprint density at radius 3 is 2.66 bits per heavy atom. The first-order chi connectivity index (χ1) is 13.6. The average molecular weight is 399 g/mol. The molecular weight excluding hydrogens is 368 g/mol. The van der Waals surface area contributed by atoms with Crippen molar-refractivity contribution in [1.29, 1.82) is 0 Å². The maximum Gasteiger partial charge on any atom is 0.254 e. The summed E-state index contributed by atoms with van der Waals surface area (Å²) in [6, 6.07) is 4.68. The van der Waals surface area contributed by atoms with Crippen molar-refractivity contribution in [2.24, 2.45) is 11.7 Å². The number of nitrogens with one attached hydrogen (secondary N) is 2. The lowest BCUT2D eigenvalue weighted by Gasteiger charge is -2.28. The van der Waals surface area contributed by atoms with Crippen molar-refractivity contribution in [1.82, 2.24) is 15.0 Å². The van der Waals surface area contributed by atoms with Gasteiger partial charge in [0, 0.05) is 30.2 Å². The molecule has 2 aromatic heterocycles. The summed E-state index contributed by atoms with van der Waals surface area (Å²) < 4.78 is 0. The second-order valence-electron chi connectivity index (χ2n) is 8.11. The van der Waals surface area contributed by atoms with Crippen LogP contribution < -0.4 is 16.4 Å². The number of hydrogen-bond donors (Lipinski definition) is 3. The standard InChI is InChI=1S/C21H28N6O.H2O/c1-13-4-6-15(7-5-13)25-20-17(19(22)28)12-24-21(27-20)26-16-8-9-18-14(11-16)3-2-10-23-18;/h2-3,10,12-13,15-16H,4-9,11H2,1H3,(H2,22,28)(H2,24,25,26,27);1H2/t13?,15?,16-;/m0./s1. The van der Waals surface area contributed by atoms with E-state index in [-0.39, 0.29) is 11.5 Å². The SMILES string of the molecule is CC1CCC(Nc2nc(N[C@H]3CCc4ncccc4C3)ncc2C(N)=O)CC1.O. The quantitative estimate of drug-likeness (QED) is 0.705. The van der Waals surface area contributed by atoms with Gasteiger partial charge in [-0.05, 0) is 62.5 Å². The van der Waals surface area contributed by atoms with E-state index in [0.29, 0.717) is 23.4 Å². The van der Waals surface area contributed by atoms with E-state index in [1.807, 2.05) is 12.3 Å². The zero-order chi connectivity index (χ0) is 19.5. The number of anilines is 2. The Kier molecular flexibility index (Phi) is 6.64. The van der Waals surface area contributed by atoms with Crippen LogP contribution in [0.3, 0.4) is 0 Å². The van der Waals surface area contributed by atoms with Gasteiger partial charge in [-0.3, -0.25) is 9.78 Å². The fraction of sp³-hybridized carbons (Fsp3) is 0.524. The van der Waals surface area contributed by atoms with Crippen LogP contribution in [0.1, 0.15) is 60.6 Å². The first-order valence-electron chi connectivity index (χ1n) is 10.2. The van der Waals surface area contributed by atoms with Gasteiger partial charge in [-0.15, -0.1) is 0 Å². The number of nitrogens with zero attached hydrogens (tertiary/aromatic N) is 3. The average Bonchev–Trinajstić information content (AvgIpc) is 2.70. The van der Waals surface area contributed by atoms with E-state index in [1.54, 1.807) is 0 Å². The van der Waals surface area contributed by atoms with E-state index in [4.69, 9.17) is 5.73 Å². The number of primary amides is 1. The van der Waals surface area contributed by atoms with Crippen molar-refractivity contribution in [2.75, 3.05) is 10.6 Å². The van der Waals surface area contributed by atoms with Gasteiger partial charge in [0.25, 0.3) is 5.91 Å². The number of rotatable bonds is 5. The van der Waals surface area contributed by atoms with Gasteiger partial charge in [-0.2, -0.15) is 4.98 Å². The topological polar surface area (TPSA) is 137 Å². The molecule has 0 spiro atoms. The fourth-order valence-electron chi connectivity index (χ4n) is 4.21. The summed E-state index contributed by atoms with van der Waals surface area (Å²) in [6.07, 6.45) is 10.7. The summed E-state index contributed by atoms with van der Waals surface area (Å²) in [5.41, 5.74) is 8.35. The molecule has 0 saturated heterocycles. The largest absolute Gasteiger partial charge is 0.412 e. The van der Waals surface area contributed by atoms with Crippen LogP contribution in [-0.2, 0) is 12.8 Å². The van der Waals surface area contributed by atoms with Crippen molar-refractivity contribution in [2.45, 2.75) is 64.0 Å². The molecule has 0 bridgehead atoms. The molecule has 4 rings (SSSR count). The molecule has 29 heavy (non-hydrogen) atoms. The summed E-state index contributed by atoms with van der Waals surface area (Å²) in [5, 5.41) is 6.87. The van der Waals surface area contributed by atoms with E-state index < -0.39 is 5.91 Å². The van der Waals surface area contributed by atoms with Gasteiger partial charge < -0.3 is 21.8 Å². The van der Waals surface area contributed by atoms with E-state index in [2.05, 4.69) is 38.6 Å². The Labute approximate surface area is 171 Å². The van der Waals surface area contributed by atoms with Gasteiger partial charge in [0.15, 0.2) is 0 Å². The lowest BCUT2D eigenvalue weighted by atomic mass is 9.87. The Morgan fingerprint density at radius 1 is 1.10 bits per heavy atom. The highest BCUT2D eigenvalue weighted by Gasteiger charge is 2.23. The number of aromatic nitrogens is 3. The molecule has 2 aliphatic carbocycles. The molecule has 6 N–H and O–H groups in total. The zero-order valence-corrected chi connectivity index (χ0v) is 16.8. The monoisotopic (exact) mass is 398 g/mol. The summed E-state index contributed by atoms with van der Waals surface area (Å²) in [7, 11) is 0. The van der Waals surface area contributed by atoms with E-state index in [0.717, 1.165) is 38.0 Å². The molecule has 8 heteroatoms. The molecule has 0 aliphatic heterocycles. The third kappa shape index (κ3) is 5.00. The predicted molar refractivity (Wildman–Crippen MR) is 113 cm³/mol. The number of fused-ring (bicyclic) bond motifs is 1. The molecule has 8 nitrogen and oxygen atoms in total. The van der Waals surface area contributed by atoms with Crippen LogP contribution in [0.4, 0.5) is 11.8 Å². The Hall–Kier alpha value is -2.74. The lowest BCUT2D eigenvalue weighted by Crippen LogP contribution is -2.30. The number of pyridine rings is 1. The minimum Gasteiger partial charge on any atom is -0.412 e. The number of carbonyl (C=O) groups excluding carboxylic acids is 1. The molecule has 0 radical (unpaired) electrons. The Morgan fingerprint density at radius 2 is 1.90 bits per heavy atom. The van der Waals surface area contributed by atoms with Crippen LogP contribution in [0.25, 0.3) is 0 Å². The molecule has 1 saturated carbocycles. The van der Waals surface area contributed by atoms with Crippen LogP contribution in [0, 0.1) is 5.92 Å². The lowest BCUT2D eigenvalue weighted by molar-refractivity contribution is 0.100. The molecule has 1 atom stereocenters. The zero-order valence-electron chi connectivity index (χ0n) is 16.8. The van der Waals surface area contributed by atoms with Crippen molar-refractivity contribution in [3.63, 3.8) is 0 Å². The van der Waals surface area contributed by atoms with Crippen LogP contribution >= 0.6 is 0 Å². The molecular formula is C21H30N6O2. The molecule has 1 fully saturated rings. The first-order valence-corrected chi connectivity index (χ1v) is 10.2. The fourth-order valence-corrected chi connectivity index (χ4v) is 4.21. The van der Waals surface area contributed by atoms with Crippen molar-refractivity contribution in [3.05, 3.63) is 41.3 Å². The van der Waals surface area contributed by atoms with Crippen molar-refractivity contribution in [3.8, 4) is 0 Å². The predicted octanol–water partition coefficient (Wildman–Crippen LogP) is 2.11. The van der Waals surface area contributed by atoms with E-state index in [9.17, 15) is 4.79 Å². The van der Waals surface area contributed by atoms with Gasteiger partial charge in [-0.1, -0.05) is 13.0 Å². The van der Waals surface area contributed by atoms with Gasteiger partial charge >= 0.3 is 0 Å². The Balaban J connectivity index is 0.00000240. The summed E-state index contributed by atoms with van der Waals surface area (Å²) in [4.78, 5) is 25.2. The number of amides is 1. The third-order valence-electron chi connectivity index (χ3n) is 5.92. The highest BCUT2D eigenvalue weighted by atomic mass is 16.1. The number of nitrogens with two attached hydrogens (primary N) is 1. The van der Waals surface area contributed by atoms with Gasteiger partial charge in [-0.25, -0.2) is 4.98 Å².